The zero-order valence-electron chi connectivity index (χ0n) is 9.84. The number of benzene rings is 1. The van der Waals surface area contributed by atoms with Gasteiger partial charge in [0.15, 0.2) is 0 Å². The Hall–Kier alpha value is -1.53. The van der Waals surface area contributed by atoms with Gasteiger partial charge in [-0.3, -0.25) is 14.9 Å². The van der Waals surface area contributed by atoms with Crippen LogP contribution in [0.25, 0.3) is 0 Å². The molecule has 2 rings (SSSR count). The molecule has 2 unspecified atom stereocenters. The highest BCUT2D eigenvalue weighted by atomic mass is 32.2. The zero-order valence-corrected chi connectivity index (χ0v) is 10.7. The SMILES string of the molecule is CC(=O)Nc1ccc(C2NC(C(=O)O)CS2)cc1. The fraction of sp³-hybridized carbons (Fsp3) is 0.333. The lowest BCUT2D eigenvalue weighted by Crippen LogP contribution is -2.33. The van der Waals surface area contributed by atoms with E-state index in [1.54, 1.807) is 11.8 Å². The third-order valence-electron chi connectivity index (χ3n) is 2.61. The molecular formula is C12H14N2O3S. The fourth-order valence-corrected chi connectivity index (χ4v) is 2.98. The number of aliphatic carboxylic acids is 1. The van der Waals surface area contributed by atoms with Crippen molar-refractivity contribution in [3.8, 4) is 0 Å². The topological polar surface area (TPSA) is 78.4 Å². The van der Waals surface area contributed by atoms with E-state index in [1.165, 1.54) is 6.92 Å². The quantitative estimate of drug-likeness (QED) is 0.771. The summed E-state index contributed by atoms with van der Waals surface area (Å²) >= 11 is 1.57. The van der Waals surface area contributed by atoms with Gasteiger partial charge in [-0.05, 0) is 17.7 Å². The highest BCUT2D eigenvalue weighted by Crippen LogP contribution is 2.33. The number of carboxylic acid groups (broad SMARTS) is 1. The molecule has 0 spiro atoms. The summed E-state index contributed by atoms with van der Waals surface area (Å²) in [5.41, 5.74) is 1.75. The largest absolute Gasteiger partial charge is 0.480 e. The Balaban J connectivity index is 2.02. The molecule has 6 heteroatoms. The van der Waals surface area contributed by atoms with E-state index in [4.69, 9.17) is 5.11 Å². The van der Waals surface area contributed by atoms with E-state index in [9.17, 15) is 9.59 Å². The number of amides is 1. The van der Waals surface area contributed by atoms with Crippen LogP contribution in [0.4, 0.5) is 5.69 Å². The third kappa shape index (κ3) is 3.02. The van der Waals surface area contributed by atoms with Crippen molar-refractivity contribution in [2.24, 2.45) is 0 Å². The van der Waals surface area contributed by atoms with Crippen LogP contribution >= 0.6 is 11.8 Å². The second-order valence-electron chi connectivity index (χ2n) is 4.07. The lowest BCUT2D eigenvalue weighted by atomic mass is 10.2. The number of rotatable bonds is 3. The number of carbonyl (C=O) groups excluding carboxylic acids is 1. The summed E-state index contributed by atoms with van der Waals surface area (Å²) in [7, 11) is 0. The normalized spacial score (nSPS) is 22.7. The molecule has 1 aliphatic heterocycles. The summed E-state index contributed by atoms with van der Waals surface area (Å²) in [4.78, 5) is 21.7. The number of carbonyl (C=O) groups is 2. The number of hydrogen-bond acceptors (Lipinski definition) is 4. The van der Waals surface area contributed by atoms with Crippen LogP contribution in [0, 0.1) is 0 Å². The average molecular weight is 266 g/mol. The van der Waals surface area contributed by atoms with Gasteiger partial charge in [-0.15, -0.1) is 11.8 Å². The lowest BCUT2D eigenvalue weighted by Gasteiger charge is -2.12. The number of nitrogens with one attached hydrogen (secondary N) is 2. The maximum Gasteiger partial charge on any atom is 0.321 e. The van der Waals surface area contributed by atoms with Gasteiger partial charge in [-0.1, -0.05) is 12.1 Å². The number of hydrogen-bond donors (Lipinski definition) is 3. The maximum atomic E-state index is 10.9. The molecule has 18 heavy (non-hydrogen) atoms. The number of anilines is 1. The van der Waals surface area contributed by atoms with Gasteiger partial charge < -0.3 is 10.4 Å². The number of thioether (sulfide) groups is 1. The Kier molecular flexibility index (Phi) is 3.88. The first-order chi connectivity index (χ1) is 8.56. The molecule has 1 heterocycles. The number of carboxylic acids is 1. The molecule has 0 saturated carbocycles. The molecule has 3 N–H and O–H groups in total. The Morgan fingerprint density at radius 3 is 2.56 bits per heavy atom. The Morgan fingerprint density at radius 2 is 2.06 bits per heavy atom. The Labute approximate surface area is 109 Å². The predicted molar refractivity (Wildman–Crippen MR) is 70.5 cm³/mol. The summed E-state index contributed by atoms with van der Waals surface area (Å²) in [6, 6.07) is 6.91. The standard InChI is InChI=1S/C12H14N2O3S/c1-7(15)13-9-4-2-8(3-5-9)11-14-10(6-18-11)12(16)17/h2-5,10-11,14H,6H2,1H3,(H,13,15)(H,16,17). The van der Waals surface area contributed by atoms with Crippen molar-refractivity contribution in [1.29, 1.82) is 0 Å². The van der Waals surface area contributed by atoms with Crippen molar-refractivity contribution in [2.75, 3.05) is 11.1 Å². The molecule has 1 amide bonds. The van der Waals surface area contributed by atoms with Gasteiger partial charge in [0.25, 0.3) is 0 Å². The first kappa shape index (κ1) is 12.9. The summed E-state index contributed by atoms with van der Waals surface area (Å²) in [6.07, 6.45) is 0. The van der Waals surface area contributed by atoms with Crippen LogP contribution < -0.4 is 10.6 Å². The molecule has 0 aliphatic carbocycles. The van der Waals surface area contributed by atoms with Crippen molar-refractivity contribution < 1.29 is 14.7 Å². The maximum absolute atomic E-state index is 10.9. The fourth-order valence-electron chi connectivity index (χ4n) is 1.75. The van der Waals surface area contributed by atoms with E-state index in [0.717, 1.165) is 11.3 Å². The van der Waals surface area contributed by atoms with E-state index >= 15 is 0 Å². The predicted octanol–water partition coefficient (Wildman–Crippen LogP) is 1.43. The van der Waals surface area contributed by atoms with Gasteiger partial charge in [0, 0.05) is 18.4 Å². The summed E-state index contributed by atoms with van der Waals surface area (Å²) in [5.74, 6) is -0.366. The highest BCUT2D eigenvalue weighted by molar-refractivity contribution is 7.99. The van der Waals surface area contributed by atoms with E-state index in [0.29, 0.717) is 5.75 Å². The smallest absolute Gasteiger partial charge is 0.321 e. The van der Waals surface area contributed by atoms with Gasteiger partial charge in [0.2, 0.25) is 5.91 Å². The van der Waals surface area contributed by atoms with E-state index in [1.807, 2.05) is 24.3 Å². The molecule has 96 valence electrons. The van der Waals surface area contributed by atoms with Gasteiger partial charge >= 0.3 is 5.97 Å². The second-order valence-corrected chi connectivity index (χ2v) is 5.21. The van der Waals surface area contributed by atoms with Gasteiger partial charge in [0.05, 0.1) is 5.37 Å². The van der Waals surface area contributed by atoms with Gasteiger partial charge in [-0.2, -0.15) is 0 Å². The second kappa shape index (κ2) is 5.41. The van der Waals surface area contributed by atoms with Crippen molar-refractivity contribution >= 4 is 29.3 Å². The van der Waals surface area contributed by atoms with Crippen LogP contribution in [0.2, 0.25) is 0 Å². The summed E-state index contributed by atoms with van der Waals surface area (Å²) < 4.78 is 0. The van der Waals surface area contributed by atoms with Crippen LogP contribution in [0.1, 0.15) is 17.9 Å². The van der Waals surface area contributed by atoms with Crippen molar-refractivity contribution in [3.63, 3.8) is 0 Å². The summed E-state index contributed by atoms with van der Waals surface area (Å²) in [5, 5.41) is 14.6. The van der Waals surface area contributed by atoms with Crippen LogP contribution in [0.5, 0.6) is 0 Å². The lowest BCUT2D eigenvalue weighted by molar-refractivity contribution is -0.138. The Bertz CT molecular complexity index is 461. The molecule has 0 aromatic heterocycles. The molecular weight excluding hydrogens is 252 g/mol. The van der Waals surface area contributed by atoms with Crippen molar-refractivity contribution in [1.82, 2.24) is 5.32 Å². The van der Waals surface area contributed by atoms with E-state index < -0.39 is 12.0 Å². The first-order valence-electron chi connectivity index (χ1n) is 5.54. The zero-order chi connectivity index (χ0) is 13.1. The van der Waals surface area contributed by atoms with Crippen LogP contribution in [0.3, 0.4) is 0 Å². The molecule has 1 aliphatic rings. The van der Waals surface area contributed by atoms with Crippen LogP contribution in [-0.2, 0) is 9.59 Å². The molecule has 5 nitrogen and oxygen atoms in total. The highest BCUT2D eigenvalue weighted by Gasteiger charge is 2.30. The molecule has 1 aromatic rings. The van der Waals surface area contributed by atoms with Crippen LogP contribution in [0.15, 0.2) is 24.3 Å². The van der Waals surface area contributed by atoms with Crippen molar-refractivity contribution in [3.05, 3.63) is 29.8 Å². The Morgan fingerprint density at radius 1 is 1.39 bits per heavy atom. The molecule has 1 fully saturated rings. The molecule has 0 radical (unpaired) electrons. The minimum atomic E-state index is -0.820. The first-order valence-corrected chi connectivity index (χ1v) is 6.59. The monoisotopic (exact) mass is 266 g/mol. The van der Waals surface area contributed by atoms with Gasteiger partial charge in [-0.25, -0.2) is 0 Å². The minimum absolute atomic E-state index is 0.00234. The van der Waals surface area contributed by atoms with E-state index in [2.05, 4.69) is 10.6 Å². The molecule has 0 bridgehead atoms. The molecule has 1 saturated heterocycles. The molecule has 1 aromatic carbocycles. The average Bonchev–Trinajstić information content (AvgIpc) is 2.78. The third-order valence-corrected chi connectivity index (χ3v) is 3.88. The minimum Gasteiger partial charge on any atom is -0.480 e. The molecule has 2 atom stereocenters. The summed E-state index contributed by atoms with van der Waals surface area (Å²) in [6.45, 7) is 1.46. The van der Waals surface area contributed by atoms with Crippen molar-refractivity contribution in [2.45, 2.75) is 18.3 Å². The van der Waals surface area contributed by atoms with E-state index in [-0.39, 0.29) is 11.3 Å². The van der Waals surface area contributed by atoms with Crippen LogP contribution in [-0.4, -0.2) is 28.8 Å². The van der Waals surface area contributed by atoms with Gasteiger partial charge in [0.1, 0.15) is 6.04 Å².